The third kappa shape index (κ3) is 8.20. The average Bonchev–Trinajstić information content (AvgIpc) is 3.90. The van der Waals surface area contributed by atoms with Crippen LogP contribution in [0.15, 0.2) is 164 Å². The molecule has 1 N–H and O–H groups in total. The Bertz CT molecular complexity index is 2440. The summed E-state index contributed by atoms with van der Waals surface area (Å²) in [6, 6.07) is 48.2. The van der Waals surface area contributed by atoms with E-state index in [-0.39, 0.29) is 24.3 Å². The molecule has 2 aromatic heterocycles. The van der Waals surface area contributed by atoms with Gasteiger partial charge in [-0.1, -0.05) is 136 Å². The lowest BCUT2D eigenvalue weighted by Crippen LogP contribution is -2.68. The fraction of sp³-hybridized carbons (Fsp3) is 0.217. The number of amides is 1. The first-order chi connectivity index (χ1) is 28.7. The van der Waals surface area contributed by atoms with Crippen LogP contribution in [-0.2, 0) is 23.0 Å². The van der Waals surface area contributed by atoms with E-state index < -0.39 is 34.1 Å². The summed E-state index contributed by atoms with van der Waals surface area (Å²) >= 11 is 0. The summed E-state index contributed by atoms with van der Waals surface area (Å²) in [6.07, 6.45) is 1.90. The molecule has 0 unspecified atom stereocenters. The molecule has 0 spiro atoms. The lowest BCUT2D eigenvalue weighted by atomic mass is 10.2. The molecule has 1 saturated heterocycles. The Labute approximate surface area is 345 Å². The summed E-state index contributed by atoms with van der Waals surface area (Å²) in [5.74, 6) is -0.0152. The minimum atomic E-state index is -3.50. The van der Waals surface area contributed by atoms with E-state index in [9.17, 15) is 9.36 Å². The number of aromatic nitrogens is 4. The van der Waals surface area contributed by atoms with Crippen molar-refractivity contribution in [2.24, 2.45) is 0 Å². The van der Waals surface area contributed by atoms with Crippen LogP contribution in [0.4, 0.5) is 5.82 Å². The van der Waals surface area contributed by atoms with Gasteiger partial charge in [0, 0.05) is 22.6 Å². The van der Waals surface area contributed by atoms with Gasteiger partial charge >= 0.3 is 0 Å². The summed E-state index contributed by atoms with van der Waals surface area (Å²) < 4.78 is 43.5. The smallest absolute Gasteiger partial charge is 0.263 e. The molecule has 5 aromatic carbocycles. The lowest BCUT2D eigenvalue weighted by Gasteiger charge is -2.45. The lowest BCUT2D eigenvalue weighted by molar-refractivity contribution is -0.0823. The Morgan fingerprint density at radius 3 is 1.88 bits per heavy atom. The van der Waals surface area contributed by atoms with Crippen molar-refractivity contribution >= 4 is 59.6 Å². The molecule has 7 aromatic rings. The molecule has 11 nitrogen and oxygen atoms in total. The summed E-state index contributed by atoms with van der Waals surface area (Å²) in [6.45, 7) is 6.55. The number of anilines is 1. The molecule has 0 bridgehead atoms. The Balaban J connectivity index is 1.12. The van der Waals surface area contributed by atoms with Gasteiger partial charge in [0.15, 0.2) is 23.8 Å². The van der Waals surface area contributed by atoms with Gasteiger partial charge in [0.05, 0.1) is 19.0 Å². The predicted molar refractivity (Wildman–Crippen MR) is 232 cm³/mol. The van der Waals surface area contributed by atoms with E-state index in [4.69, 9.17) is 18.4 Å². The van der Waals surface area contributed by atoms with Gasteiger partial charge in [-0.15, -0.1) is 0 Å². The van der Waals surface area contributed by atoms with E-state index in [0.717, 1.165) is 10.4 Å². The van der Waals surface area contributed by atoms with Crippen molar-refractivity contribution in [2.75, 3.05) is 18.7 Å². The number of ether oxygens (including phenoxy) is 2. The predicted octanol–water partition coefficient (Wildman–Crippen LogP) is 7.23. The maximum Gasteiger partial charge on any atom is 0.263 e. The average molecular weight is 824 g/mol. The molecule has 3 heterocycles. The highest BCUT2D eigenvalue weighted by Gasteiger charge is 2.54. The van der Waals surface area contributed by atoms with Gasteiger partial charge in [-0.25, -0.2) is 15.0 Å². The number of carbonyl (C=O) groups excluding carboxylic acids is 1. The normalized spacial score (nSPS) is 17.2. The highest BCUT2D eigenvalue weighted by molar-refractivity contribution is 7.74. The molecule has 0 aliphatic carbocycles. The molecule has 8 rings (SSSR count). The monoisotopic (exact) mass is 823 g/mol. The summed E-state index contributed by atoms with van der Waals surface area (Å²) in [7, 11) is -6.56. The molecular weight excluding hydrogens is 778 g/mol. The molecule has 1 aliphatic rings. The number of fused-ring (bicyclic) bond motifs is 1. The highest BCUT2D eigenvalue weighted by atomic mass is 31.2. The van der Waals surface area contributed by atoms with Crippen molar-refractivity contribution in [3.8, 4) is 0 Å². The number of hydrogen-bond acceptors (Lipinski definition) is 9. The van der Waals surface area contributed by atoms with Crippen molar-refractivity contribution in [1.29, 1.82) is 0 Å². The van der Waals surface area contributed by atoms with Gasteiger partial charge < -0.3 is 19.2 Å². The van der Waals surface area contributed by atoms with Crippen molar-refractivity contribution in [2.45, 2.75) is 50.7 Å². The second-order valence-corrected chi connectivity index (χ2v) is 22.0. The Hall–Kier alpha value is -5.59. The van der Waals surface area contributed by atoms with Gasteiger partial charge in [0.2, 0.25) is 0 Å². The fourth-order valence-corrected chi connectivity index (χ4v) is 14.5. The second-order valence-electron chi connectivity index (χ2n) is 15.4. The van der Waals surface area contributed by atoms with E-state index in [1.807, 2.05) is 83.4 Å². The first-order valence-electron chi connectivity index (χ1n) is 19.6. The number of nitrogens with one attached hydrogen (secondary N) is 1. The number of imidazole rings is 1. The van der Waals surface area contributed by atoms with Gasteiger partial charge in [-0.2, -0.15) is 0 Å². The Morgan fingerprint density at radius 1 is 0.780 bits per heavy atom. The van der Waals surface area contributed by atoms with Crippen LogP contribution in [0.25, 0.3) is 11.2 Å². The highest BCUT2D eigenvalue weighted by Crippen LogP contribution is 2.45. The Morgan fingerprint density at radius 2 is 1.32 bits per heavy atom. The Kier molecular flexibility index (Phi) is 11.8. The number of carbonyl (C=O) groups is 1. The SMILES string of the molecule is CC(C)(C)[Si](O[C@H]1C[C@H](n2cnc3c(NC(=O)c4ccccc4)ncnc32)O[C@@H]1COCOP(=O)(c1ccccc1)c1ccccc1)(c1ccccc1)c1ccccc1. The summed E-state index contributed by atoms with van der Waals surface area (Å²) in [5, 5.41) is 6.01. The number of rotatable bonds is 14. The van der Waals surface area contributed by atoms with Crippen LogP contribution >= 0.6 is 7.37 Å². The summed E-state index contributed by atoms with van der Waals surface area (Å²) in [5.41, 5.74) is 1.42. The molecule has 1 fully saturated rings. The standard InChI is InChI=1S/C46H46N5O6PSi/c1-46(2,3)59(37-25-15-7-16-26-37,38-27-17-8-18-28-38)57-39-29-41(51-32-49-42-43(47-31-48-44(42)51)50-45(52)34-19-9-4-10-20-34)56-40(39)30-54-33-55-58(53,35-21-11-5-12-22-35)36-23-13-6-14-24-36/h4-28,31-32,39-41H,29-30,33H2,1-3H3,(H,47,48,50,52)/t39-,40+,41+/m0/s1. The van der Waals surface area contributed by atoms with E-state index >= 15 is 0 Å². The zero-order valence-corrected chi connectivity index (χ0v) is 35.0. The third-order valence-corrected chi connectivity index (χ3v) is 18.1. The van der Waals surface area contributed by atoms with E-state index in [1.54, 1.807) is 30.6 Å². The van der Waals surface area contributed by atoms with Crippen molar-refractivity contribution < 1.29 is 27.8 Å². The molecule has 1 amide bonds. The van der Waals surface area contributed by atoms with Crippen LogP contribution in [0.2, 0.25) is 5.04 Å². The number of benzene rings is 5. The van der Waals surface area contributed by atoms with Crippen LogP contribution in [0.1, 0.15) is 43.8 Å². The number of nitrogens with zero attached hydrogens (tertiary/aromatic N) is 4. The largest absolute Gasteiger partial charge is 0.402 e. The van der Waals surface area contributed by atoms with Crippen LogP contribution in [0, 0.1) is 0 Å². The van der Waals surface area contributed by atoms with Gasteiger partial charge in [0.25, 0.3) is 21.6 Å². The van der Waals surface area contributed by atoms with Gasteiger partial charge in [-0.05, 0) is 51.8 Å². The minimum absolute atomic E-state index is 0.0863. The quantitative estimate of drug-likeness (QED) is 0.0524. The van der Waals surface area contributed by atoms with E-state index in [2.05, 4.69) is 89.6 Å². The molecule has 59 heavy (non-hydrogen) atoms. The molecule has 0 saturated carbocycles. The number of hydrogen-bond donors (Lipinski definition) is 1. The van der Waals surface area contributed by atoms with Crippen LogP contribution in [0.5, 0.6) is 0 Å². The first-order valence-corrected chi connectivity index (χ1v) is 23.1. The molecule has 13 heteroatoms. The molecule has 3 atom stereocenters. The van der Waals surface area contributed by atoms with Crippen LogP contribution in [-0.4, -0.2) is 59.4 Å². The van der Waals surface area contributed by atoms with Gasteiger partial charge in [-0.3, -0.25) is 18.5 Å². The van der Waals surface area contributed by atoms with Crippen molar-refractivity contribution in [1.82, 2.24) is 19.5 Å². The summed E-state index contributed by atoms with van der Waals surface area (Å²) in [4.78, 5) is 26.7. The molecule has 0 radical (unpaired) electrons. The first kappa shape index (κ1) is 40.2. The van der Waals surface area contributed by atoms with Gasteiger partial charge in [0.1, 0.15) is 18.7 Å². The fourth-order valence-electron chi connectivity index (χ4n) is 7.81. The van der Waals surface area contributed by atoms with Crippen LogP contribution < -0.4 is 26.3 Å². The second kappa shape index (κ2) is 17.3. The molecule has 300 valence electrons. The maximum atomic E-state index is 14.6. The molecule has 1 aliphatic heterocycles. The van der Waals surface area contributed by atoms with E-state index in [1.165, 1.54) is 6.33 Å². The third-order valence-electron chi connectivity index (χ3n) is 10.7. The molecular formula is C46H46N5O6PSi. The maximum absolute atomic E-state index is 14.6. The van der Waals surface area contributed by atoms with Crippen molar-refractivity contribution in [3.05, 3.63) is 170 Å². The zero-order chi connectivity index (χ0) is 40.9. The topological polar surface area (TPSA) is 127 Å². The van der Waals surface area contributed by atoms with Crippen LogP contribution in [0.3, 0.4) is 0 Å². The van der Waals surface area contributed by atoms with Crippen molar-refractivity contribution in [3.63, 3.8) is 0 Å². The zero-order valence-electron chi connectivity index (χ0n) is 33.1. The van der Waals surface area contributed by atoms with E-state index in [0.29, 0.717) is 39.6 Å². The minimum Gasteiger partial charge on any atom is -0.402 e.